The Kier molecular flexibility index (Phi) is 7.46. The molecule has 3 aliphatic rings. The Balaban J connectivity index is 1.20. The van der Waals surface area contributed by atoms with Gasteiger partial charge < -0.3 is 25.3 Å². The first-order chi connectivity index (χ1) is 17.9. The van der Waals surface area contributed by atoms with Crippen molar-refractivity contribution in [3.8, 4) is 6.07 Å². The minimum absolute atomic E-state index is 0.0903. The number of anilines is 3. The van der Waals surface area contributed by atoms with Crippen molar-refractivity contribution in [2.24, 2.45) is 0 Å². The van der Waals surface area contributed by atoms with Crippen LogP contribution in [-0.2, 0) is 0 Å². The van der Waals surface area contributed by atoms with Crippen LogP contribution < -0.4 is 10.6 Å². The average molecular weight is 507 g/mol. The zero-order chi connectivity index (χ0) is 25.9. The maximum absolute atomic E-state index is 12.5. The molecule has 0 spiro atoms. The van der Waals surface area contributed by atoms with Gasteiger partial charge >= 0.3 is 6.03 Å². The van der Waals surface area contributed by atoms with Crippen LogP contribution in [-0.4, -0.2) is 92.8 Å². The molecule has 2 amide bonds. The summed E-state index contributed by atoms with van der Waals surface area (Å²) >= 11 is 0. The van der Waals surface area contributed by atoms with Crippen LogP contribution in [0.25, 0.3) is 0 Å². The van der Waals surface area contributed by atoms with Gasteiger partial charge in [0.05, 0.1) is 23.6 Å². The number of urea groups is 1. The first-order valence-electron chi connectivity index (χ1n) is 13.5. The Morgan fingerprint density at radius 2 is 1.89 bits per heavy atom. The third kappa shape index (κ3) is 5.49. The smallest absolute Gasteiger partial charge is 0.319 e. The van der Waals surface area contributed by atoms with Gasteiger partial charge in [-0.25, -0.2) is 9.78 Å². The molecule has 5 rings (SSSR count). The number of carbonyl (C=O) groups excluding carboxylic acids is 1. The summed E-state index contributed by atoms with van der Waals surface area (Å²) in [4.78, 5) is 27.6. The van der Waals surface area contributed by atoms with Crippen LogP contribution in [0.15, 0.2) is 12.4 Å². The van der Waals surface area contributed by atoms with Gasteiger partial charge in [-0.2, -0.15) is 15.3 Å². The van der Waals surface area contributed by atoms with Gasteiger partial charge in [-0.1, -0.05) is 0 Å². The molecule has 2 aromatic heterocycles. The van der Waals surface area contributed by atoms with Gasteiger partial charge in [0, 0.05) is 51.5 Å². The molecule has 2 unspecified atom stereocenters. The van der Waals surface area contributed by atoms with E-state index in [-0.39, 0.29) is 6.03 Å². The van der Waals surface area contributed by atoms with Crippen molar-refractivity contribution in [2.45, 2.75) is 70.0 Å². The van der Waals surface area contributed by atoms with Crippen LogP contribution in [0.1, 0.15) is 62.2 Å². The Hall–Kier alpha value is -3.39. The van der Waals surface area contributed by atoms with Crippen LogP contribution in [0, 0.1) is 18.3 Å². The van der Waals surface area contributed by atoms with Crippen LogP contribution in [0.3, 0.4) is 0 Å². The van der Waals surface area contributed by atoms with Gasteiger partial charge in [0.25, 0.3) is 0 Å². The van der Waals surface area contributed by atoms with E-state index < -0.39 is 0 Å². The van der Waals surface area contributed by atoms with Gasteiger partial charge in [-0.15, -0.1) is 0 Å². The number of aromatic nitrogens is 4. The summed E-state index contributed by atoms with van der Waals surface area (Å²) < 4.78 is 2.11. The molecule has 5 heterocycles. The van der Waals surface area contributed by atoms with E-state index in [9.17, 15) is 10.1 Å². The number of nitriles is 1. The highest BCUT2D eigenvalue weighted by molar-refractivity contribution is 5.74. The number of hydrogen-bond donors (Lipinski definition) is 2. The van der Waals surface area contributed by atoms with E-state index in [2.05, 4.69) is 49.5 Å². The van der Waals surface area contributed by atoms with Crippen LogP contribution in [0.2, 0.25) is 0 Å². The molecule has 2 bridgehead atoms. The SMILES string of the molecule is Cc1nn(C2CC3CCC(C2)N3C)cc1Nc1ncc(C#N)c(NCCCN2CCCCN(C)C2=O)n1. The highest BCUT2D eigenvalue weighted by Crippen LogP contribution is 2.40. The molecule has 2 N–H and O–H groups in total. The van der Waals surface area contributed by atoms with E-state index in [0.29, 0.717) is 48.5 Å². The molecule has 0 aliphatic carbocycles. The molecule has 0 saturated carbocycles. The van der Waals surface area contributed by atoms with Crippen molar-refractivity contribution in [3.05, 3.63) is 23.7 Å². The minimum atomic E-state index is 0.0903. The number of nitrogens with zero attached hydrogens (tertiary/aromatic N) is 8. The predicted molar refractivity (Wildman–Crippen MR) is 142 cm³/mol. The van der Waals surface area contributed by atoms with Crippen molar-refractivity contribution >= 4 is 23.5 Å². The molecular weight excluding hydrogens is 468 g/mol. The highest BCUT2D eigenvalue weighted by atomic mass is 16.2. The Labute approximate surface area is 218 Å². The van der Waals surface area contributed by atoms with Crippen molar-refractivity contribution in [1.82, 2.24) is 34.4 Å². The lowest BCUT2D eigenvalue weighted by atomic mass is 9.98. The van der Waals surface area contributed by atoms with E-state index >= 15 is 0 Å². The van der Waals surface area contributed by atoms with Crippen molar-refractivity contribution < 1.29 is 4.79 Å². The quantitative estimate of drug-likeness (QED) is 0.524. The lowest BCUT2D eigenvalue weighted by molar-refractivity contribution is 0.131. The first-order valence-corrected chi connectivity index (χ1v) is 13.5. The molecule has 11 heteroatoms. The van der Waals surface area contributed by atoms with Crippen LogP contribution in [0.4, 0.5) is 22.2 Å². The van der Waals surface area contributed by atoms with E-state index in [1.165, 1.54) is 12.8 Å². The van der Waals surface area contributed by atoms with Gasteiger partial charge in [-0.3, -0.25) is 4.68 Å². The molecule has 3 fully saturated rings. The summed E-state index contributed by atoms with van der Waals surface area (Å²) in [5, 5.41) is 20.9. The maximum Gasteiger partial charge on any atom is 0.319 e. The van der Waals surface area contributed by atoms with E-state index in [4.69, 9.17) is 5.10 Å². The van der Waals surface area contributed by atoms with Gasteiger partial charge in [0.2, 0.25) is 5.95 Å². The topological polar surface area (TPSA) is 118 Å². The largest absolute Gasteiger partial charge is 0.369 e. The second-order valence-electron chi connectivity index (χ2n) is 10.7. The number of amides is 2. The van der Waals surface area contributed by atoms with Gasteiger partial charge in [0.15, 0.2) is 0 Å². The fourth-order valence-corrected chi connectivity index (χ4v) is 5.94. The zero-order valence-electron chi connectivity index (χ0n) is 22.2. The van der Waals surface area contributed by atoms with Crippen LogP contribution >= 0.6 is 0 Å². The molecule has 2 aromatic rings. The first kappa shape index (κ1) is 25.3. The highest BCUT2D eigenvalue weighted by Gasteiger charge is 2.39. The second kappa shape index (κ2) is 10.9. The summed E-state index contributed by atoms with van der Waals surface area (Å²) in [6.07, 6.45) is 11.3. The van der Waals surface area contributed by atoms with Crippen molar-refractivity contribution in [2.75, 3.05) is 50.9 Å². The molecule has 3 saturated heterocycles. The molecule has 0 aromatic carbocycles. The molecular formula is C26H38N10O. The number of piperidine rings is 1. The summed E-state index contributed by atoms with van der Waals surface area (Å²) in [6, 6.07) is 3.98. The maximum atomic E-state index is 12.5. The number of fused-ring (bicyclic) bond motifs is 2. The third-order valence-electron chi connectivity index (χ3n) is 8.19. The number of nitrogens with one attached hydrogen (secondary N) is 2. The van der Waals surface area contributed by atoms with E-state index in [1.807, 2.05) is 18.9 Å². The van der Waals surface area contributed by atoms with E-state index in [0.717, 1.165) is 56.6 Å². The molecule has 0 radical (unpaired) electrons. The standard InChI is InChI=1S/C26H38N10O/c1-18-23(17-36(32-18)22-13-20-7-8-21(14-22)34(20)3)30-25-29-16-19(15-27)24(31-25)28-9-6-12-35-11-5-4-10-33(2)26(35)37/h16-17,20-22H,4-14H2,1-3H3,(H2,28,29,30,31). The lowest BCUT2D eigenvalue weighted by Crippen LogP contribution is -2.40. The Bertz CT molecular complexity index is 1140. The number of aryl methyl sites for hydroxylation is 1. The normalized spacial score (nSPS) is 24.2. The predicted octanol–water partition coefficient (Wildman–Crippen LogP) is 3.34. The minimum Gasteiger partial charge on any atom is -0.369 e. The van der Waals surface area contributed by atoms with Crippen molar-refractivity contribution in [3.63, 3.8) is 0 Å². The van der Waals surface area contributed by atoms with Crippen molar-refractivity contribution in [1.29, 1.82) is 5.26 Å². The molecule has 3 aliphatic heterocycles. The van der Waals surface area contributed by atoms with Crippen LogP contribution in [0.5, 0.6) is 0 Å². The molecule has 37 heavy (non-hydrogen) atoms. The average Bonchev–Trinajstić information content (AvgIpc) is 3.26. The lowest BCUT2D eigenvalue weighted by Gasteiger charge is -2.36. The zero-order valence-corrected chi connectivity index (χ0v) is 22.2. The summed E-state index contributed by atoms with van der Waals surface area (Å²) in [6.45, 7) is 4.87. The Morgan fingerprint density at radius 3 is 2.65 bits per heavy atom. The third-order valence-corrected chi connectivity index (χ3v) is 8.19. The number of hydrogen-bond acceptors (Lipinski definition) is 8. The summed E-state index contributed by atoms with van der Waals surface area (Å²) in [5.74, 6) is 0.924. The molecule has 11 nitrogen and oxygen atoms in total. The molecule has 198 valence electrons. The fourth-order valence-electron chi connectivity index (χ4n) is 5.94. The van der Waals surface area contributed by atoms with E-state index in [1.54, 1.807) is 11.1 Å². The second-order valence-corrected chi connectivity index (χ2v) is 10.7. The summed E-state index contributed by atoms with van der Waals surface area (Å²) in [7, 11) is 4.11. The number of rotatable bonds is 8. The monoisotopic (exact) mass is 506 g/mol. The van der Waals surface area contributed by atoms with Gasteiger partial charge in [0.1, 0.15) is 17.5 Å². The Morgan fingerprint density at radius 1 is 1.14 bits per heavy atom. The fraction of sp³-hybridized carbons (Fsp3) is 0.654. The molecule has 2 atom stereocenters. The van der Waals surface area contributed by atoms with Gasteiger partial charge in [-0.05, 0) is 58.9 Å². The summed E-state index contributed by atoms with van der Waals surface area (Å²) in [5.41, 5.74) is 2.18. The number of carbonyl (C=O) groups is 1.